The van der Waals surface area contributed by atoms with E-state index in [9.17, 15) is 39.3 Å². The Kier molecular flexibility index (Phi) is 7.46. The molecule has 0 bridgehead atoms. The van der Waals surface area contributed by atoms with Crippen molar-refractivity contribution in [2.24, 2.45) is 4.99 Å². The number of carbonyl (C=O) groups is 1. The Bertz CT molecular complexity index is 1970. The van der Waals surface area contributed by atoms with Gasteiger partial charge in [0.1, 0.15) is 5.82 Å². The van der Waals surface area contributed by atoms with Crippen molar-refractivity contribution in [3.63, 3.8) is 0 Å². The molecule has 0 radical (unpaired) electrons. The van der Waals surface area contributed by atoms with Crippen LogP contribution in [0.15, 0.2) is 82.1 Å². The maximum atomic E-state index is 13.9. The topological polar surface area (TPSA) is 167 Å². The van der Waals surface area contributed by atoms with Gasteiger partial charge in [-0.3, -0.25) is 29.6 Å². The maximum Gasteiger partial charge on any atom is 0.338 e. The van der Waals surface area contributed by atoms with Crippen molar-refractivity contribution < 1.29 is 28.9 Å². The number of phenolic OH excluding ortho intramolecular Hbond substituents is 1. The molecule has 212 valence electrons. The molecule has 0 saturated heterocycles. The number of hydrogen-bond donors (Lipinski definition) is 1. The van der Waals surface area contributed by atoms with Gasteiger partial charge in [-0.25, -0.2) is 14.2 Å². The summed E-state index contributed by atoms with van der Waals surface area (Å²) < 4.78 is 20.3. The summed E-state index contributed by atoms with van der Waals surface area (Å²) in [6.07, 6.45) is 1.08. The van der Waals surface area contributed by atoms with E-state index in [0.717, 1.165) is 23.5 Å². The zero-order valence-corrected chi connectivity index (χ0v) is 22.4. The SMILES string of the molecule is CCOC(=O)C1=C(c2ccccc2)N=c2s/c(=C\c3cc([N+](=O)[O-])cc([N+](=O)[O-])c3O)c(=O)n2[C@H]1c1ccc(F)cc1. The van der Waals surface area contributed by atoms with Crippen LogP contribution in [-0.4, -0.2) is 32.1 Å². The van der Waals surface area contributed by atoms with Crippen molar-refractivity contribution in [1.29, 1.82) is 0 Å². The predicted octanol–water partition coefficient (Wildman–Crippen LogP) is 3.60. The van der Waals surface area contributed by atoms with Crippen molar-refractivity contribution >= 4 is 40.5 Å². The average Bonchev–Trinajstić information content (AvgIpc) is 3.28. The third-order valence-electron chi connectivity index (χ3n) is 6.36. The minimum Gasteiger partial charge on any atom is -0.502 e. The summed E-state index contributed by atoms with van der Waals surface area (Å²) in [7, 11) is 0. The Labute approximate surface area is 238 Å². The fourth-order valence-electron chi connectivity index (χ4n) is 4.52. The first-order valence-electron chi connectivity index (χ1n) is 12.3. The number of non-ortho nitro benzene ring substituents is 1. The van der Waals surface area contributed by atoms with E-state index in [-0.39, 0.29) is 32.8 Å². The van der Waals surface area contributed by atoms with E-state index in [0.29, 0.717) is 17.2 Å². The van der Waals surface area contributed by atoms with Gasteiger partial charge in [0.05, 0.1) is 44.4 Å². The fraction of sp³-hybridized carbons (Fsp3) is 0.107. The maximum absolute atomic E-state index is 13.9. The second-order valence-corrected chi connectivity index (χ2v) is 9.91. The van der Waals surface area contributed by atoms with Crippen LogP contribution in [0.3, 0.4) is 0 Å². The number of aromatic nitrogens is 1. The van der Waals surface area contributed by atoms with E-state index in [1.54, 1.807) is 37.3 Å². The van der Waals surface area contributed by atoms with Gasteiger partial charge in [-0.15, -0.1) is 0 Å². The number of halogens is 1. The van der Waals surface area contributed by atoms with Gasteiger partial charge in [0.25, 0.3) is 11.2 Å². The number of phenols is 1. The number of aromatic hydroxyl groups is 1. The highest BCUT2D eigenvalue weighted by molar-refractivity contribution is 7.07. The summed E-state index contributed by atoms with van der Waals surface area (Å²) in [6, 6.07) is 14.3. The second kappa shape index (κ2) is 11.2. The lowest BCUT2D eigenvalue weighted by atomic mass is 9.93. The molecule has 0 aliphatic carbocycles. The number of rotatable bonds is 7. The largest absolute Gasteiger partial charge is 0.502 e. The van der Waals surface area contributed by atoms with Crippen molar-refractivity contribution in [3.05, 3.63) is 135 Å². The standard InChI is InChI=1S/C28H19FN4O8S/c1-2-41-27(36)22-23(15-6-4-3-5-7-15)30-28-31(24(22)16-8-10-18(29)11-9-16)26(35)21(42-28)13-17-12-19(32(37)38)14-20(25(17)34)33(39)40/h3-14,24,34H,2H2,1H3/b21-13-/t24-/m0/s1. The lowest BCUT2D eigenvalue weighted by molar-refractivity contribution is -0.394. The van der Waals surface area contributed by atoms with E-state index >= 15 is 0 Å². The van der Waals surface area contributed by atoms with E-state index in [1.807, 2.05) is 0 Å². The summed E-state index contributed by atoms with van der Waals surface area (Å²) in [5.41, 5.74) is -1.50. The average molecular weight is 591 g/mol. The fourth-order valence-corrected chi connectivity index (χ4v) is 5.51. The zero-order valence-electron chi connectivity index (χ0n) is 21.6. The zero-order chi connectivity index (χ0) is 30.1. The smallest absolute Gasteiger partial charge is 0.338 e. The second-order valence-electron chi connectivity index (χ2n) is 8.90. The third-order valence-corrected chi connectivity index (χ3v) is 7.34. The number of fused-ring (bicyclic) bond motifs is 1. The molecule has 0 fully saturated rings. The number of carbonyl (C=O) groups excluding carboxylic acids is 1. The van der Waals surface area contributed by atoms with Crippen LogP contribution in [0.5, 0.6) is 5.75 Å². The van der Waals surface area contributed by atoms with E-state index in [4.69, 9.17) is 4.74 Å². The molecule has 0 unspecified atom stereocenters. The minimum atomic E-state index is -1.12. The Balaban J connectivity index is 1.84. The van der Waals surface area contributed by atoms with E-state index in [2.05, 4.69) is 4.99 Å². The number of nitrogens with zero attached hydrogens (tertiary/aromatic N) is 4. The normalized spacial score (nSPS) is 14.7. The van der Waals surface area contributed by atoms with Crippen LogP contribution in [0, 0.1) is 26.0 Å². The summed E-state index contributed by atoms with van der Waals surface area (Å²) in [4.78, 5) is 53.0. The molecule has 1 aromatic heterocycles. The highest BCUT2D eigenvalue weighted by Gasteiger charge is 2.35. The molecular weight excluding hydrogens is 571 g/mol. The number of ether oxygens (including phenoxy) is 1. The van der Waals surface area contributed by atoms with Gasteiger partial charge < -0.3 is 9.84 Å². The lowest BCUT2D eigenvalue weighted by Crippen LogP contribution is -2.40. The van der Waals surface area contributed by atoms with Gasteiger partial charge in [-0.1, -0.05) is 53.8 Å². The monoisotopic (exact) mass is 590 g/mol. The molecule has 1 atom stereocenters. The molecule has 42 heavy (non-hydrogen) atoms. The van der Waals surface area contributed by atoms with Gasteiger partial charge in [-0.2, -0.15) is 0 Å². The van der Waals surface area contributed by atoms with E-state index in [1.165, 1.54) is 28.8 Å². The van der Waals surface area contributed by atoms with Crippen LogP contribution in [0.25, 0.3) is 11.8 Å². The van der Waals surface area contributed by atoms with Crippen LogP contribution in [0.4, 0.5) is 15.8 Å². The molecule has 1 aliphatic heterocycles. The number of nitro benzene ring substituents is 2. The number of nitro groups is 2. The molecular formula is C28H19FN4O8S. The summed E-state index contributed by atoms with van der Waals surface area (Å²) in [5.74, 6) is -2.17. The number of thiazole rings is 1. The van der Waals surface area contributed by atoms with Crippen LogP contribution in [0.1, 0.15) is 29.7 Å². The molecule has 0 spiro atoms. The van der Waals surface area contributed by atoms with Crippen LogP contribution < -0.4 is 14.9 Å². The summed E-state index contributed by atoms with van der Waals surface area (Å²) >= 11 is 0.838. The predicted molar refractivity (Wildman–Crippen MR) is 149 cm³/mol. The van der Waals surface area contributed by atoms with Crippen molar-refractivity contribution in [2.45, 2.75) is 13.0 Å². The molecule has 4 aromatic rings. The Morgan fingerprint density at radius 1 is 1.12 bits per heavy atom. The third kappa shape index (κ3) is 5.06. The molecule has 12 nitrogen and oxygen atoms in total. The Morgan fingerprint density at radius 2 is 1.81 bits per heavy atom. The van der Waals surface area contributed by atoms with Gasteiger partial charge in [-0.05, 0) is 30.7 Å². The Hall–Kier alpha value is -5.50. The van der Waals surface area contributed by atoms with Gasteiger partial charge in [0.15, 0.2) is 4.80 Å². The van der Waals surface area contributed by atoms with Crippen molar-refractivity contribution in [3.8, 4) is 5.75 Å². The summed E-state index contributed by atoms with van der Waals surface area (Å²) in [6.45, 7) is 1.64. The van der Waals surface area contributed by atoms with Gasteiger partial charge >= 0.3 is 11.7 Å². The van der Waals surface area contributed by atoms with Crippen LogP contribution in [0.2, 0.25) is 0 Å². The molecule has 14 heteroatoms. The summed E-state index contributed by atoms with van der Waals surface area (Å²) in [5, 5.41) is 33.3. The molecule has 0 amide bonds. The molecule has 1 N–H and O–H groups in total. The Morgan fingerprint density at radius 3 is 2.43 bits per heavy atom. The number of esters is 1. The minimum absolute atomic E-state index is 0.0162. The van der Waals surface area contributed by atoms with Gasteiger partial charge in [0, 0.05) is 17.2 Å². The molecule has 0 saturated carbocycles. The highest BCUT2D eigenvalue weighted by Crippen LogP contribution is 2.36. The highest BCUT2D eigenvalue weighted by atomic mass is 32.1. The first-order chi connectivity index (χ1) is 20.1. The van der Waals surface area contributed by atoms with Crippen LogP contribution >= 0.6 is 11.3 Å². The first-order valence-corrected chi connectivity index (χ1v) is 13.1. The van der Waals surface area contributed by atoms with Gasteiger partial charge in [0.2, 0.25) is 5.75 Å². The first kappa shape index (κ1) is 28.0. The van der Waals surface area contributed by atoms with Crippen molar-refractivity contribution in [2.75, 3.05) is 6.61 Å². The molecule has 1 aliphatic rings. The van der Waals surface area contributed by atoms with E-state index < -0.39 is 50.4 Å². The van der Waals surface area contributed by atoms with Crippen molar-refractivity contribution in [1.82, 2.24) is 4.57 Å². The van der Waals surface area contributed by atoms with Crippen LogP contribution in [-0.2, 0) is 9.53 Å². The number of benzene rings is 3. The molecule has 2 heterocycles. The quantitative estimate of drug-likeness (QED) is 0.194. The molecule has 3 aromatic carbocycles. The lowest BCUT2D eigenvalue weighted by Gasteiger charge is -2.25. The number of hydrogen-bond acceptors (Lipinski definition) is 10. The molecule has 5 rings (SSSR count).